The van der Waals surface area contributed by atoms with Crippen molar-refractivity contribution in [1.82, 2.24) is 25.3 Å². The van der Waals surface area contributed by atoms with Crippen molar-refractivity contribution in [3.63, 3.8) is 0 Å². The van der Waals surface area contributed by atoms with Gasteiger partial charge in [0.1, 0.15) is 5.76 Å². The van der Waals surface area contributed by atoms with Crippen molar-refractivity contribution in [3.8, 4) is 0 Å². The molecule has 0 radical (unpaired) electrons. The van der Waals surface area contributed by atoms with Crippen molar-refractivity contribution in [3.05, 3.63) is 24.2 Å². The number of likely N-dealkylation sites (tertiary alicyclic amines) is 1. The lowest BCUT2D eigenvalue weighted by atomic mass is 10.1. The van der Waals surface area contributed by atoms with Crippen molar-refractivity contribution in [2.24, 2.45) is 4.99 Å². The first kappa shape index (κ1) is 23.4. The number of furan rings is 1. The Bertz CT molecular complexity index is 575. The molecule has 2 atom stereocenters. The number of nitrogens with zero attached hydrogens (tertiary/aromatic N) is 4. The lowest BCUT2D eigenvalue weighted by Gasteiger charge is -2.38. The lowest BCUT2D eigenvalue weighted by Crippen LogP contribution is -2.55. The summed E-state index contributed by atoms with van der Waals surface area (Å²) in [6, 6.07) is 4.83. The van der Waals surface area contributed by atoms with Gasteiger partial charge < -0.3 is 20.0 Å². The van der Waals surface area contributed by atoms with Gasteiger partial charge in [-0.05, 0) is 52.2 Å². The van der Waals surface area contributed by atoms with Gasteiger partial charge in [0.2, 0.25) is 0 Å². The summed E-state index contributed by atoms with van der Waals surface area (Å²) < 4.78 is 5.74. The molecule has 1 aromatic heterocycles. The highest BCUT2D eigenvalue weighted by Crippen LogP contribution is 2.24. The van der Waals surface area contributed by atoms with Gasteiger partial charge in [0, 0.05) is 45.8 Å². The number of rotatable bonds is 6. The van der Waals surface area contributed by atoms with Crippen LogP contribution in [0, 0.1) is 0 Å². The average Bonchev–Trinajstić information content (AvgIpc) is 3.22. The third-order valence-corrected chi connectivity index (χ3v) is 5.87. The SMILES string of the molecule is CN=C(NCC1CN(C)CCN1C)NCC(c1ccco1)N1CCCCC1.I. The maximum absolute atomic E-state index is 5.74. The number of piperidine rings is 1. The van der Waals surface area contributed by atoms with Crippen LogP contribution in [0.5, 0.6) is 0 Å². The summed E-state index contributed by atoms with van der Waals surface area (Å²) >= 11 is 0. The number of hydrogen-bond donors (Lipinski definition) is 2. The molecule has 7 nitrogen and oxygen atoms in total. The van der Waals surface area contributed by atoms with E-state index in [1.165, 1.54) is 19.3 Å². The highest BCUT2D eigenvalue weighted by atomic mass is 127. The van der Waals surface area contributed by atoms with Crippen molar-refractivity contribution in [1.29, 1.82) is 0 Å². The van der Waals surface area contributed by atoms with Crippen molar-refractivity contribution in [2.45, 2.75) is 31.3 Å². The fraction of sp³-hybridized carbons (Fsp3) is 0.750. The summed E-state index contributed by atoms with van der Waals surface area (Å²) in [5.41, 5.74) is 0. The second kappa shape index (κ2) is 12.0. The number of nitrogens with one attached hydrogen (secondary N) is 2. The van der Waals surface area contributed by atoms with E-state index in [0.29, 0.717) is 6.04 Å². The predicted octanol–water partition coefficient (Wildman–Crippen LogP) is 1.84. The van der Waals surface area contributed by atoms with E-state index in [4.69, 9.17) is 4.42 Å². The van der Waals surface area contributed by atoms with Gasteiger partial charge in [0.25, 0.3) is 0 Å². The molecule has 2 aliphatic rings. The second-order valence-corrected chi connectivity index (χ2v) is 7.86. The molecule has 0 aromatic carbocycles. The molecule has 2 unspecified atom stereocenters. The molecule has 28 heavy (non-hydrogen) atoms. The summed E-state index contributed by atoms with van der Waals surface area (Å²) in [7, 11) is 6.24. The quantitative estimate of drug-likeness (QED) is 0.351. The molecule has 0 spiro atoms. The van der Waals surface area contributed by atoms with Crippen LogP contribution in [-0.4, -0.2) is 93.7 Å². The lowest BCUT2D eigenvalue weighted by molar-refractivity contribution is 0.116. The summed E-state index contributed by atoms with van der Waals surface area (Å²) in [5, 5.41) is 7.04. The molecule has 0 bridgehead atoms. The number of likely N-dealkylation sites (N-methyl/N-ethyl adjacent to an activating group) is 2. The average molecular weight is 504 g/mol. The normalized spacial score (nSPS) is 23.8. The molecule has 3 rings (SSSR count). The molecule has 0 saturated carbocycles. The third kappa shape index (κ3) is 6.60. The summed E-state index contributed by atoms with van der Waals surface area (Å²) in [4.78, 5) is 11.8. The Morgan fingerprint density at radius 2 is 1.96 bits per heavy atom. The molecular weight excluding hydrogens is 467 g/mol. The van der Waals surface area contributed by atoms with E-state index >= 15 is 0 Å². The Labute approximate surface area is 186 Å². The zero-order valence-corrected chi connectivity index (χ0v) is 19.9. The fourth-order valence-electron chi connectivity index (χ4n) is 4.07. The molecule has 160 valence electrons. The zero-order valence-electron chi connectivity index (χ0n) is 17.6. The van der Waals surface area contributed by atoms with Gasteiger partial charge in [-0.2, -0.15) is 0 Å². The van der Waals surface area contributed by atoms with Crippen LogP contribution in [0.3, 0.4) is 0 Å². The Hall–Kier alpha value is -0.840. The minimum absolute atomic E-state index is 0. The molecular formula is C20H37IN6O. The predicted molar refractivity (Wildman–Crippen MR) is 126 cm³/mol. The third-order valence-electron chi connectivity index (χ3n) is 5.87. The molecule has 0 aliphatic carbocycles. The van der Waals surface area contributed by atoms with Crippen LogP contribution in [0.25, 0.3) is 0 Å². The van der Waals surface area contributed by atoms with Crippen molar-refractivity contribution < 1.29 is 4.42 Å². The van der Waals surface area contributed by atoms with Crippen LogP contribution in [0.4, 0.5) is 0 Å². The number of aliphatic imine (C=N–C) groups is 1. The van der Waals surface area contributed by atoms with Crippen LogP contribution in [-0.2, 0) is 0 Å². The molecule has 2 fully saturated rings. The first-order chi connectivity index (χ1) is 13.2. The first-order valence-corrected chi connectivity index (χ1v) is 10.3. The summed E-state index contributed by atoms with van der Waals surface area (Å²) in [6.45, 7) is 7.31. The zero-order chi connectivity index (χ0) is 19.1. The molecule has 2 N–H and O–H groups in total. The first-order valence-electron chi connectivity index (χ1n) is 10.3. The Kier molecular flexibility index (Phi) is 10.0. The number of halogens is 1. The number of piperazine rings is 1. The number of guanidine groups is 1. The van der Waals surface area contributed by atoms with Crippen molar-refractivity contribution in [2.75, 3.05) is 67.0 Å². The van der Waals surface area contributed by atoms with E-state index in [1.54, 1.807) is 6.26 Å². The topological polar surface area (TPSA) is 59.3 Å². The highest BCUT2D eigenvalue weighted by Gasteiger charge is 2.25. The summed E-state index contributed by atoms with van der Waals surface area (Å²) in [5.74, 6) is 1.90. The Balaban J connectivity index is 0.00000280. The molecule has 2 saturated heterocycles. The molecule has 1 aromatic rings. The van der Waals surface area contributed by atoms with Gasteiger partial charge in [0.15, 0.2) is 5.96 Å². The minimum atomic E-state index is 0. The van der Waals surface area contributed by atoms with Gasteiger partial charge in [-0.15, -0.1) is 24.0 Å². The van der Waals surface area contributed by atoms with Gasteiger partial charge in [0.05, 0.1) is 12.3 Å². The molecule has 0 amide bonds. The summed E-state index contributed by atoms with van der Waals surface area (Å²) in [6.07, 6.45) is 5.65. The Morgan fingerprint density at radius 3 is 2.64 bits per heavy atom. The van der Waals surface area contributed by atoms with Crippen LogP contribution in [0.15, 0.2) is 27.8 Å². The maximum Gasteiger partial charge on any atom is 0.191 e. The van der Waals surface area contributed by atoms with Gasteiger partial charge >= 0.3 is 0 Å². The molecule has 2 aliphatic heterocycles. The van der Waals surface area contributed by atoms with Gasteiger partial charge in [-0.1, -0.05) is 6.42 Å². The standard InChI is InChI=1S/C20H36N6O.HI/c1-21-20(22-14-17-16-24(2)11-12-25(17)3)23-15-18(19-8-7-13-27-19)26-9-5-4-6-10-26;/h7-8,13,17-18H,4-6,9-12,14-16H2,1-3H3,(H2,21,22,23);1H. The van der Waals surface area contributed by atoms with Gasteiger partial charge in [-0.25, -0.2) is 0 Å². The molecule has 8 heteroatoms. The maximum atomic E-state index is 5.74. The highest BCUT2D eigenvalue weighted by molar-refractivity contribution is 14.0. The molecule has 3 heterocycles. The van der Waals surface area contributed by atoms with Crippen LogP contribution in [0.1, 0.15) is 31.1 Å². The second-order valence-electron chi connectivity index (χ2n) is 7.86. The van der Waals surface area contributed by atoms with E-state index in [-0.39, 0.29) is 30.0 Å². The van der Waals surface area contributed by atoms with Gasteiger partial charge in [-0.3, -0.25) is 14.8 Å². The smallest absolute Gasteiger partial charge is 0.191 e. The van der Waals surface area contributed by atoms with E-state index in [2.05, 4.69) is 50.5 Å². The van der Waals surface area contributed by atoms with E-state index < -0.39 is 0 Å². The van der Waals surface area contributed by atoms with E-state index in [1.807, 2.05) is 13.1 Å². The minimum Gasteiger partial charge on any atom is -0.468 e. The van der Waals surface area contributed by atoms with Crippen LogP contribution >= 0.6 is 24.0 Å². The number of hydrogen-bond acceptors (Lipinski definition) is 5. The fourth-order valence-corrected chi connectivity index (χ4v) is 4.07. The monoisotopic (exact) mass is 504 g/mol. The Morgan fingerprint density at radius 1 is 1.18 bits per heavy atom. The van der Waals surface area contributed by atoms with Crippen molar-refractivity contribution >= 4 is 29.9 Å². The largest absolute Gasteiger partial charge is 0.468 e. The van der Waals surface area contributed by atoms with E-state index in [0.717, 1.165) is 57.5 Å². The van der Waals surface area contributed by atoms with Crippen LogP contribution in [0.2, 0.25) is 0 Å². The van der Waals surface area contributed by atoms with Crippen LogP contribution < -0.4 is 10.6 Å². The van der Waals surface area contributed by atoms with E-state index in [9.17, 15) is 0 Å².